The van der Waals surface area contributed by atoms with Gasteiger partial charge >= 0.3 is 0 Å². The third-order valence-electron chi connectivity index (χ3n) is 3.47. The van der Waals surface area contributed by atoms with Crippen LogP contribution < -0.4 is 5.73 Å². The predicted octanol–water partition coefficient (Wildman–Crippen LogP) is 1.80. The molecule has 0 bridgehead atoms. The fourth-order valence-corrected chi connectivity index (χ4v) is 5.37. The molecule has 0 aromatic heterocycles. The van der Waals surface area contributed by atoms with Gasteiger partial charge in [0.2, 0.25) is 10.0 Å². The average Bonchev–Trinajstić information content (AvgIpc) is 2.47. The molecule has 1 fully saturated rings. The van der Waals surface area contributed by atoms with E-state index in [4.69, 9.17) is 10.5 Å². The molecule has 118 valence electrons. The summed E-state index contributed by atoms with van der Waals surface area (Å²) < 4.78 is 31.9. The summed E-state index contributed by atoms with van der Waals surface area (Å²) in [6, 6.07) is 7.47. The lowest BCUT2D eigenvalue weighted by Gasteiger charge is -2.33. The number of anilines is 1. The van der Waals surface area contributed by atoms with E-state index < -0.39 is 10.0 Å². The molecule has 0 aliphatic carbocycles. The van der Waals surface area contributed by atoms with Gasteiger partial charge in [0.25, 0.3) is 0 Å². The first-order valence-corrected chi connectivity index (χ1v) is 9.68. The zero-order valence-corrected chi connectivity index (χ0v) is 13.8. The quantitative estimate of drug-likeness (QED) is 0.636. The zero-order chi connectivity index (χ0) is 15.3. The van der Waals surface area contributed by atoms with Gasteiger partial charge in [0.1, 0.15) is 0 Å². The van der Waals surface area contributed by atoms with Crippen molar-refractivity contribution in [2.75, 3.05) is 37.0 Å². The van der Waals surface area contributed by atoms with Crippen molar-refractivity contribution in [2.24, 2.45) is 0 Å². The van der Waals surface area contributed by atoms with Gasteiger partial charge in [-0.1, -0.05) is 13.0 Å². The van der Waals surface area contributed by atoms with Crippen molar-refractivity contribution in [2.45, 2.75) is 24.3 Å². The van der Waals surface area contributed by atoms with Crippen molar-refractivity contribution in [3.63, 3.8) is 0 Å². The number of benzene rings is 1. The number of hydrogen-bond donors (Lipinski definition) is 1. The Morgan fingerprint density at radius 3 is 3.00 bits per heavy atom. The van der Waals surface area contributed by atoms with Gasteiger partial charge in [0.15, 0.2) is 0 Å². The van der Waals surface area contributed by atoms with E-state index in [0.29, 0.717) is 31.2 Å². The number of hydrogen-bond acceptors (Lipinski definition) is 5. The van der Waals surface area contributed by atoms with E-state index in [0.717, 1.165) is 11.3 Å². The molecule has 0 amide bonds. The topological polar surface area (TPSA) is 72.6 Å². The zero-order valence-electron chi connectivity index (χ0n) is 12.2. The predicted molar refractivity (Wildman–Crippen MR) is 87.0 cm³/mol. The number of sulfonamides is 1. The third-order valence-corrected chi connectivity index (χ3v) is 6.64. The number of morpholine rings is 1. The highest BCUT2D eigenvalue weighted by Gasteiger charge is 2.31. The van der Waals surface area contributed by atoms with Gasteiger partial charge < -0.3 is 10.5 Å². The smallest absolute Gasteiger partial charge is 0.215 e. The molecule has 1 saturated heterocycles. The molecule has 0 spiro atoms. The number of rotatable bonds is 6. The number of nitrogens with two attached hydrogens (primary N) is 1. The second-order valence-corrected chi connectivity index (χ2v) is 8.19. The maximum Gasteiger partial charge on any atom is 0.215 e. The summed E-state index contributed by atoms with van der Waals surface area (Å²) >= 11 is 1.52. The molecule has 2 N–H and O–H groups in total. The van der Waals surface area contributed by atoms with Gasteiger partial charge in [-0.15, -0.1) is 11.8 Å². The maximum absolute atomic E-state index is 12.4. The molecule has 7 heteroatoms. The molecule has 1 aliphatic heterocycles. The van der Waals surface area contributed by atoms with Gasteiger partial charge in [0.05, 0.1) is 19.0 Å². The van der Waals surface area contributed by atoms with Crippen molar-refractivity contribution in [1.29, 1.82) is 0 Å². The van der Waals surface area contributed by atoms with E-state index >= 15 is 0 Å². The van der Waals surface area contributed by atoms with Crippen LogP contribution in [0.5, 0.6) is 0 Å². The van der Waals surface area contributed by atoms with Crippen molar-refractivity contribution in [1.82, 2.24) is 4.31 Å². The van der Waals surface area contributed by atoms with E-state index in [2.05, 4.69) is 0 Å². The SMILES string of the molecule is CCC1COCCN1S(=O)(=O)CCSc1cccc(N)c1. The van der Waals surface area contributed by atoms with Crippen molar-refractivity contribution in [3.8, 4) is 0 Å². The molecule has 21 heavy (non-hydrogen) atoms. The summed E-state index contributed by atoms with van der Waals surface area (Å²) in [6.07, 6.45) is 0.779. The molecule has 1 aliphatic rings. The molecule has 1 heterocycles. The highest BCUT2D eigenvalue weighted by atomic mass is 32.2. The summed E-state index contributed by atoms with van der Waals surface area (Å²) in [5, 5.41) is 0. The van der Waals surface area contributed by atoms with Crippen LogP contribution in [0.3, 0.4) is 0 Å². The largest absolute Gasteiger partial charge is 0.399 e. The third kappa shape index (κ3) is 4.60. The van der Waals surface area contributed by atoms with E-state index in [-0.39, 0.29) is 11.8 Å². The summed E-state index contributed by atoms with van der Waals surface area (Å²) in [5.41, 5.74) is 6.41. The molecule has 5 nitrogen and oxygen atoms in total. The van der Waals surface area contributed by atoms with Crippen LogP contribution in [-0.4, -0.2) is 50.0 Å². The van der Waals surface area contributed by atoms with Crippen molar-refractivity contribution in [3.05, 3.63) is 24.3 Å². The lowest BCUT2D eigenvalue weighted by atomic mass is 10.2. The van der Waals surface area contributed by atoms with Gasteiger partial charge in [-0.3, -0.25) is 0 Å². The van der Waals surface area contributed by atoms with E-state index in [1.807, 2.05) is 31.2 Å². The van der Waals surface area contributed by atoms with Crippen molar-refractivity contribution >= 4 is 27.5 Å². The van der Waals surface area contributed by atoms with Crippen LogP contribution in [-0.2, 0) is 14.8 Å². The van der Waals surface area contributed by atoms with Gasteiger partial charge in [0, 0.05) is 28.9 Å². The number of ether oxygens (including phenoxy) is 1. The molecule has 0 saturated carbocycles. The fraction of sp³-hybridized carbons (Fsp3) is 0.571. The molecule has 1 aromatic rings. The Morgan fingerprint density at radius 2 is 2.29 bits per heavy atom. The van der Waals surface area contributed by atoms with Crippen molar-refractivity contribution < 1.29 is 13.2 Å². The van der Waals surface area contributed by atoms with E-state index in [1.165, 1.54) is 11.8 Å². The molecular weight excluding hydrogens is 308 g/mol. The summed E-state index contributed by atoms with van der Waals surface area (Å²) in [7, 11) is -3.22. The monoisotopic (exact) mass is 330 g/mol. The molecular formula is C14H22N2O3S2. The summed E-state index contributed by atoms with van der Waals surface area (Å²) in [5.74, 6) is 0.669. The standard InChI is InChI=1S/C14H22N2O3S2/c1-2-13-11-19-7-6-16(13)21(17,18)9-8-20-14-5-3-4-12(15)10-14/h3-5,10,13H,2,6-9,11,15H2,1H3. The van der Waals surface area contributed by atoms with E-state index in [1.54, 1.807) is 4.31 Å². The number of nitrogen functional groups attached to an aromatic ring is 1. The fourth-order valence-electron chi connectivity index (χ4n) is 2.31. The lowest BCUT2D eigenvalue weighted by molar-refractivity contribution is 0.0315. The van der Waals surface area contributed by atoms with Crippen LogP contribution in [0.15, 0.2) is 29.2 Å². The minimum Gasteiger partial charge on any atom is -0.399 e. The Kier molecular flexibility index (Phi) is 5.92. The molecule has 1 atom stereocenters. The molecule has 2 rings (SSSR count). The Labute approximate surface area is 130 Å². The van der Waals surface area contributed by atoms with Crippen LogP contribution in [0, 0.1) is 0 Å². The Hall–Kier alpha value is -0.760. The first-order valence-electron chi connectivity index (χ1n) is 7.08. The highest BCUT2D eigenvalue weighted by Crippen LogP contribution is 2.22. The summed E-state index contributed by atoms with van der Waals surface area (Å²) in [4.78, 5) is 0.999. The minimum atomic E-state index is -3.22. The molecule has 0 radical (unpaired) electrons. The second-order valence-electron chi connectivity index (χ2n) is 4.98. The lowest BCUT2D eigenvalue weighted by Crippen LogP contribution is -2.49. The summed E-state index contributed by atoms with van der Waals surface area (Å²) in [6.45, 7) is 3.43. The van der Waals surface area contributed by atoms with Gasteiger partial charge in [-0.25, -0.2) is 8.42 Å². The van der Waals surface area contributed by atoms with Crippen LogP contribution in [0.4, 0.5) is 5.69 Å². The molecule has 1 aromatic carbocycles. The number of nitrogens with zero attached hydrogens (tertiary/aromatic N) is 1. The van der Waals surface area contributed by atoms with Crippen LogP contribution in [0.2, 0.25) is 0 Å². The normalized spacial score (nSPS) is 20.5. The average molecular weight is 330 g/mol. The van der Waals surface area contributed by atoms with Gasteiger partial charge in [-0.2, -0.15) is 4.31 Å². The Morgan fingerprint density at radius 1 is 1.48 bits per heavy atom. The first kappa shape index (κ1) is 16.6. The second kappa shape index (κ2) is 7.49. The highest BCUT2D eigenvalue weighted by molar-refractivity contribution is 8.00. The Bertz CT molecular complexity index is 563. The first-order chi connectivity index (χ1) is 10.0. The van der Waals surface area contributed by atoms with Crippen LogP contribution >= 0.6 is 11.8 Å². The van der Waals surface area contributed by atoms with Crippen LogP contribution in [0.25, 0.3) is 0 Å². The maximum atomic E-state index is 12.4. The van der Waals surface area contributed by atoms with Gasteiger partial charge in [-0.05, 0) is 24.6 Å². The number of thioether (sulfide) groups is 1. The molecule has 1 unspecified atom stereocenters. The minimum absolute atomic E-state index is 0.0267. The van der Waals surface area contributed by atoms with E-state index in [9.17, 15) is 8.42 Å². The Balaban J connectivity index is 1.91. The van der Waals surface area contributed by atoms with Crippen LogP contribution in [0.1, 0.15) is 13.3 Å².